The van der Waals surface area contributed by atoms with Crippen LogP contribution >= 0.6 is 11.3 Å². The molecule has 1 aromatic heterocycles. The molecule has 0 bridgehead atoms. The Kier molecular flexibility index (Phi) is 5.03. The van der Waals surface area contributed by atoms with E-state index in [-0.39, 0.29) is 15.2 Å². The van der Waals surface area contributed by atoms with Crippen LogP contribution in [-0.4, -0.2) is 25.9 Å². The van der Waals surface area contributed by atoms with Gasteiger partial charge < -0.3 is 5.32 Å². The van der Waals surface area contributed by atoms with Crippen LogP contribution in [0.4, 0.5) is 5.13 Å². The van der Waals surface area contributed by atoms with E-state index < -0.39 is 10.0 Å². The van der Waals surface area contributed by atoms with Crippen LogP contribution in [0.5, 0.6) is 0 Å². The van der Waals surface area contributed by atoms with Gasteiger partial charge in [0.2, 0.25) is 5.91 Å². The van der Waals surface area contributed by atoms with Gasteiger partial charge in [0, 0.05) is 13.5 Å². The predicted octanol–water partition coefficient (Wildman–Crippen LogP) is 1.18. The quantitative estimate of drug-likeness (QED) is 0.764. The van der Waals surface area contributed by atoms with Crippen molar-refractivity contribution < 1.29 is 13.2 Å². The highest BCUT2D eigenvalue weighted by molar-refractivity contribution is 7.91. The summed E-state index contributed by atoms with van der Waals surface area (Å²) in [6.07, 6.45) is 2.95. The van der Waals surface area contributed by atoms with E-state index in [1.807, 2.05) is 6.92 Å². The molecular weight excluding hydrogens is 262 g/mol. The fourth-order valence-corrected chi connectivity index (χ4v) is 3.24. The second kappa shape index (κ2) is 6.08. The lowest BCUT2D eigenvalue weighted by molar-refractivity contribution is -0.114. The molecule has 1 aromatic rings. The number of aromatic nitrogens is 1. The van der Waals surface area contributed by atoms with Crippen LogP contribution in [0.25, 0.3) is 0 Å². The van der Waals surface area contributed by atoms with Crippen LogP contribution in [0.1, 0.15) is 26.7 Å². The highest BCUT2D eigenvalue weighted by Gasteiger charge is 2.17. The number of amides is 1. The molecule has 17 heavy (non-hydrogen) atoms. The van der Waals surface area contributed by atoms with Gasteiger partial charge in [0.25, 0.3) is 10.0 Å². The first kappa shape index (κ1) is 14.1. The Morgan fingerprint density at radius 2 is 2.24 bits per heavy atom. The van der Waals surface area contributed by atoms with Crippen LogP contribution in [0.3, 0.4) is 0 Å². The molecule has 0 atom stereocenters. The number of nitrogens with one attached hydrogen (secondary N) is 2. The lowest BCUT2D eigenvalue weighted by atomic mass is 10.3. The van der Waals surface area contributed by atoms with Crippen LogP contribution in [0, 0.1) is 0 Å². The van der Waals surface area contributed by atoms with Gasteiger partial charge >= 0.3 is 0 Å². The van der Waals surface area contributed by atoms with Crippen molar-refractivity contribution in [1.82, 2.24) is 9.71 Å². The lowest BCUT2D eigenvalue weighted by Gasteiger charge is -2.02. The van der Waals surface area contributed by atoms with Gasteiger partial charge in [-0.1, -0.05) is 24.7 Å². The smallest absolute Gasteiger partial charge is 0.251 e. The summed E-state index contributed by atoms with van der Waals surface area (Å²) in [5.41, 5.74) is 0. The minimum Gasteiger partial charge on any atom is -0.302 e. The molecule has 0 aromatic carbocycles. The molecule has 0 aliphatic carbocycles. The Morgan fingerprint density at radius 3 is 2.82 bits per heavy atom. The minimum absolute atomic E-state index is 0.109. The molecule has 1 rings (SSSR count). The molecule has 8 heteroatoms. The molecule has 6 nitrogen and oxygen atoms in total. The second-order valence-electron chi connectivity index (χ2n) is 3.42. The monoisotopic (exact) mass is 277 g/mol. The Bertz CT molecular complexity index is 481. The number of hydrogen-bond donors (Lipinski definition) is 2. The first-order chi connectivity index (χ1) is 7.95. The van der Waals surface area contributed by atoms with Crippen LogP contribution < -0.4 is 10.0 Å². The van der Waals surface area contributed by atoms with Crippen molar-refractivity contribution in [3.63, 3.8) is 0 Å². The van der Waals surface area contributed by atoms with Crippen LogP contribution in [-0.2, 0) is 14.8 Å². The molecule has 0 saturated heterocycles. The van der Waals surface area contributed by atoms with Gasteiger partial charge in [-0.05, 0) is 6.42 Å². The normalized spacial score (nSPS) is 11.4. The van der Waals surface area contributed by atoms with Crippen molar-refractivity contribution in [3.05, 3.63) is 6.20 Å². The van der Waals surface area contributed by atoms with Gasteiger partial charge in [-0.2, -0.15) is 0 Å². The molecule has 0 fully saturated rings. The van der Waals surface area contributed by atoms with E-state index in [0.29, 0.717) is 6.54 Å². The Labute approximate surface area is 105 Å². The van der Waals surface area contributed by atoms with Crippen LogP contribution in [0.2, 0.25) is 0 Å². The third kappa shape index (κ3) is 4.41. The fourth-order valence-electron chi connectivity index (χ4n) is 1.05. The number of anilines is 1. The van der Waals surface area contributed by atoms with Crippen molar-refractivity contribution in [2.24, 2.45) is 0 Å². The second-order valence-corrected chi connectivity index (χ2v) is 6.44. The number of thiazole rings is 1. The maximum Gasteiger partial charge on any atom is 0.251 e. The number of carbonyl (C=O) groups excluding carboxylic acids is 1. The van der Waals surface area contributed by atoms with E-state index >= 15 is 0 Å². The van der Waals surface area contributed by atoms with Gasteiger partial charge in [0.15, 0.2) is 9.34 Å². The van der Waals surface area contributed by atoms with E-state index in [1.54, 1.807) is 0 Å². The van der Waals surface area contributed by atoms with Gasteiger partial charge in [0.1, 0.15) is 0 Å². The zero-order valence-corrected chi connectivity index (χ0v) is 11.3. The summed E-state index contributed by atoms with van der Waals surface area (Å²) in [5, 5.41) is 2.73. The molecule has 1 heterocycles. The average Bonchev–Trinajstić information content (AvgIpc) is 2.66. The topological polar surface area (TPSA) is 88.2 Å². The lowest BCUT2D eigenvalue weighted by Crippen LogP contribution is -2.23. The Morgan fingerprint density at radius 1 is 1.53 bits per heavy atom. The van der Waals surface area contributed by atoms with Crippen molar-refractivity contribution in [2.75, 3.05) is 11.9 Å². The maximum absolute atomic E-state index is 11.8. The molecule has 2 N–H and O–H groups in total. The standard InChI is InChI=1S/C9H15N3O3S2/c1-3-4-5-11-17(14,15)8-6-10-9(16-8)12-7(2)13/h6,11H,3-5H2,1-2H3,(H,10,12,13). The molecule has 1 amide bonds. The zero-order chi connectivity index (χ0) is 12.9. The number of rotatable bonds is 6. The summed E-state index contributed by atoms with van der Waals surface area (Å²) in [6.45, 7) is 3.73. The third-order valence-corrected chi connectivity index (χ3v) is 4.69. The number of sulfonamides is 1. The first-order valence-corrected chi connectivity index (χ1v) is 7.48. The average molecular weight is 277 g/mol. The Balaban J connectivity index is 2.71. The highest BCUT2D eigenvalue weighted by Crippen LogP contribution is 2.22. The van der Waals surface area contributed by atoms with E-state index in [9.17, 15) is 13.2 Å². The summed E-state index contributed by atoms with van der Waals surface area (Å²) in [5.74, 6) is -0.276. The summed E-state index contributed by atoms with van der Waals surface area (Å²) < 4.78 is 26.1. The van der Waals surface area contributed by atoms with Crippen molar-refractivity contribution in [1.29, 1.82) is 0 Å². The number of carbonyl (C=O) groups is 1. The number of nitrogens with zero attached hydrogens (tertiary/aromatic N) is 1. The Hall–Kier alpha value is -0.990. The van der Waals surface area contributed by atoms with Gasteiger partial charge in [0.05, 0.1) is 6.20 Å². The zero-order valence-electron chi connectivity index (χ0n) is 9.69. The van der Waals surface area contributed by atoms with Crippen molar-refractivity contribution >= 4 is 32.4 Å². The van der Waals surface area contributed by atoms with E-state index in [0.717, 1.165) is 24.2 Å². The molecule has 0 saturated carbocycles. The van der Waals surface area contributed by atoms with E-state index in [2.05, 4.69) is 15.0 Å². The maximum atomic E-state index is 11.8. The first-order valence-electron chi connectivity index (χ1n) is 5.19. The molecule has 96 valence electrons. The number of hydrogen-bond acceptors (Lipinski definition) is 5. The van der Waals surface area contributed by atoms with Crippen LogP contribution in [0.15, 0.2) is 10.4 Å². The van der Waals surface area contributed by atoms with E-state index in [1.165, 1.54) is 13.1 Å². The van der Waals surface area contributed by atoms with Crippen molar-refractivity contribution in [3.8, 4) is 0 Å². The summed E-state index contributed by atoms with van der Waals surface area (Å²) in [4.78, 5) is 14.6. The fraction of sp³-hybridized carbons (Fsp3) is 0.556. The third-order valence-electron chi connectivity index (χ3n) is 1.85. The molecule has 0 radical (unpaired) electrons. The van der Waals surface area contributed by atoms with E-state index in [4.69, 9.17) is 0 Å². The SMILES string of the molecule is CCCCNS(=O)(=O)c1cnc(NC(C)=O)s1. The molecule has 0 unspecified atom stereocenters. The van der Waals surface area contributed by atoms with Gasteiger partial charge in [-0.15, -0.1) is 0 Å². The molecular formula is C9H15N3O3S2. The number of unbranched alkanes of at least 4 members (excludes halogenated alkanes) is 1. The summed E-state index contributed by atoms with van der Waals surface area (Å²) in [7, 11) is -3.49. The molecule has 0 aliphatic rings. The van der Waals surface area contributed by atoms with Crippen molar-refractivity contribution in [2.45, 2.75) is 30.9 Å². The molecule has 0 spiro atoms. The largest absolute Gasteiger partial charge is 0.302 e. The highest BCUT2D eigenvalue weighted by atomic mass is 32.2. The predicted molar refractivity (Wildman–Crippen MR) is 66.5 cm³/mol. The minimum atomic E-state index is -3.49. The summed E-state index contributed by atoms with van der Waals surface area (Å²) in [6, 6.07) is 0. The van der Waals surface area contributed by atoms with Gasteiger partial charge in [-0.25, -0.2) is 18.1 Å². The summed E-state index contributed by atoms with van der Waals surface area (Å²) >= 11 is 0.933. The molecule has 0 aliphatic heterocycles. The van der Waals surface area contributed by atoms with Gasteiger partial charge in [-0.3, -0.25) is 4.79 Å².